The summed E-state index contributed by atoms with van der Waals surface area (Å²) in [7, 11) is 0. The quantitative estimate of drug-likeness (QED) is 0.509. The Morgan fingerprint density at radius 3 is 2.78 bits per heavy atom. The zero-order valence-corrected chi connectivity index (χ0v) is 7.44. The van der Waals surface area contributed by atoms with Crippen LogP contribution in [0.3, 0.4) is 0 Å². The molecule has 1 aliphatic carbocycles. The molecular weight excluding hydrogens is 175 g/mol. The van der Waals surface area contributed by atoms with Gasteiger partial charge in [-0.2, -0.15) is 0 Å². The number of hydrogen-bond acceptors (Lipinski definition) is 0. The van der Waals surface area contributed by atoms with E-state index in [1.807, 2.05) is 0 Å². The fourth-order valence-corrected chi connectivity index (χ4v) is 1.71. The van der Waals surface area contributed by atoms with Gasteiger partial charge in [0.15, 0.2) is 0 Å². The second kappa shape index (κ2) is 4.24. The first-order chi connectivity index (χ1) is 4.39. The second-order valence-corrected chi connectivity index (χ2v) is 3.72. The van der Waals surface area contributed by atoms with Gasteiger partial charge in [0.05, 0.1) is 0 Å². The van der Waals surface area contributed by atoms with Gasteiger partial charge in [0.1, 0.15) is 0 Å². The van der Waals surface area contributed by atoms with E-state index in [1.54, 1.807) is 0 Å². The van der Waals surface area contributed by atoms with Crippen LogP contribution in [0.1, 0.15) is 38.5 Å². The van der Waals surface area contributed by atoms with Crippen molar-refractivity contribution < 1.29 is 0 Å². The molecule has 1 radical (unpaired) electrons. The molecule has 9 heavy (non-hydrogen) atoms. The van der Waals surface area contributed by atoms with E-state index in [2.05, 4.69) is 22.0 Å². The van der Waals surface area contributed by atoms with Gasteiger partial charge in [-0.15, -0.1) is 0 Å². The van der Waals surface area contributed by atoms with Crippen molar-refractivity contribution in [1.82, 2.24) is 0 Å². The average molecular weight is 188 g/mol. The van der Waals surface area contributed by atoms with Gasteiger partial charge in [0, 0.05) is 0 Å². The van der Waals surface area contributed by atoms with Crippen LogP contribution in [0, 0.1) is 6.42 Å². The van der Waals surface area contributed by atoms with Crippen LogP contribution in [0.2, 0.25) is 0 Å². The SMILES string of the molecule is [Se]=C1[CH]CCCCCC1. The van der Waals surface area contributed by atoms with E-state index in [-0.39, 0.29) is 0 Å². The van der Waals surface area contributed by atoms with Crippen LogP contribution in [0.4, 0.5) is 0 Å². The van der Waals surface area contributed by atoms with Gasteiger partial charge in [-0.05, 0) is 0 Å². The molecule has 0 aromatic heterocycles. The Balaban J connectivity index is 2.20. The molecule has 0 unspecified atom stereocenters. The molecule has 0 nitrogen and oxygen atoms in total. The van der Waals surface area contributed by atoms with Crippen molar-refractivity contribution in [3.8, 4) is 0 Å². The van der Waals surface area contributed by atoms with Crippen LogP contribution in [-0.4, -0.2) is 20.0 Å². The molecule has 0 heterocycles. The van der Waals surface area contributed by atoms with E-state index in [1.165, 1.54) is 42.9 Å². The third kappa shape index (κ3) is 3.17. The summed E-state index contributed by atoms with van der Waals surface area (Å²) in [6, 6.07) is 0. The molecule has 0 aromatic rings. The molecule has 1 saturated carbocycles. The van der Waals surface area contributed by atoms with Crippen molar-refractivity contribution in [2.24, 2.45) is 0 Å². The van der Waals surface area contributed by atoms with Crippen molar-refractivity contribution in [3.05, 3.63) is 6.42 Å². The van der Waals surface area contributed by atoms with Gasteiger partial charge in [-0.1, -0.05) is 0 Å². The van der Waals surface area contributed by atoms with Crippen LogP contribution < -0.4 is 0 Å². The minimum absolute atomic E-state index is 1.29. The van der Waals surface area contributed by atoms with Crippen LogP contribution in [0.15, 0.2) is 0 Å². The molecule has 1 rings (SSSR count). The first-order valence-electron chi connectivity index (χ1n) is 3.75. The van der Waals surface area contributed by atoms with Crippen LogP contribution in [0.5, 0.6) is 0 Å². The summed E-state index contributed by atoms with van der Waals surface area (Å²) < 4.78 is 1.48. The van der Waals surface area contributed by atoms with Crippen LogP contribution in [-0.2, 0) is 0 Å². The van der Waals surface area contributed by atoms with E-state index in [4.69, 9.17) is 0 Å². The Labute approximate surface area is 65.4 Å². The van der Waals surface area contributed by atoms with Gasteiger partial charge in [0.2, 0.25) is 0 Å². The monoisotopic (exact) mass is 189 g/mol. The molecule has 0 atom stereocenters. The first kappa shape index (κ1) is 7.50. The van der Waals surface area contributed by atoms with Crippen molar-refractivity contribution in [1.29, 1.82) is 0 Å². The Morgan fingerprint density at radius 2 is 1.89 bits per heavy atom. The summed E-state index contributed by atoms with van der Waals surface area (Å²) in [5.41, 5.74) is 0. The Morgan fingerprint density at radius 1 is 1.11 bits per heavy atom. The third-order valence-corrected chi connectivity index (χ3v) is 2.53. The molecule has 0 bridgehead atoms. The summed E-state index contributed by atoms with van der Waals surface area (Å²) in [5, 5.41) is 0. The molecular formula is C8H13Se. The molecule has 1 heteroatoms. The Hall–Kier alpha value is 0.389. The summed E-state index contributed by atoms with van der Waals surface area (Å²) in [5.74, 6) is 0. The van der Waals surface area contributed by atoms with Gasteiger partial charge < -0.3 is 0 Å². The standard InChI is InChI=1S/C8H13Se/c9-8-6-4-2-1-3-5-7-8/h6H,1-5,7H2. The van der Waals surface area contributed by atoms with E-state index in [0.717, 1.165) is 0 Å². The molecule has 1 fully saturated rings. The van der Waals surface area contributed by atoms with E-state index in [9.17, 15) is 0 Å². The first-order valence-corrected chi connectivity index (χ1v) is 4.61. The second-order valence-electron chi connectivity index (χ2n) is 2.62. The Bertz CT molecular complexity index is 86.7. The molecule has 51 valence electrons. The van der Waals surface area contributed by atoms with Gasteiger partial charge in [0.25, 0.3) is 0 Å². The molecule has 1 aliphatic rings. The van der Waals surface area contributed by atoms with Crippen molar-refractivity contribution in [3.63, 3.8) is 0 Å². The predicted molar refractivity (Wildman–Crippen MR) is 42.8 cm³/mol. The maximum atomic E-state index is 3.11. The summed E-state index contributed by atoms with van der Waals surface area (Å²) in [4.78, 5) is 0. The summed E-state index contributed by atoms with van der Waals surface area (Å²) in [6.45, 7) is 0. The van der Waals surface area contributed by atoms with Crippen LogP contribution in [0.25, 0.3) is 0 Å². The average Bonchev–Trinajstić information content (AvgIpc) is 1.79. The molecule has 0 spiro atoms. The maximum absolute atomic E-state index is 3.11. The van der Waals surface area contributed by atoms with E-state index >= 15 is 0 Å². The number of hydrogen-bond donors (Lipinski definition) is 0. The predicted octanol–water partition coefficient (Wildman–Crippen LogP) is 1.89. The molecule has 0 amide bonds. The topological polar surface area (TPSA) is 0 Å². The summed E-state index contributed by atoms with van der Waals surface area (Å²) in [6.07, 6.45) is 10.6. The van der Waals surface area contributed by atoms with Gasteiger partial charge >= 0.3 is 64.9 Å². The zero-order chi connectivity index (χ0) is 6.53. The van der Waals surface area contributed by atoms with E-state index in [0.29, 0.717) is 0 Å². The van der Waals surface area contributed by atoms with Crippen LogP contribution >= 0.6 is 0 Å². The van der Waals surface area contributed by atoms with E-state index < -0.39 is 0 Å². The minimum atomic E-state index is 1.29. The molecule has 0 aromatic carbocycles. The zero-order valence-electron chi connectivity index (χ0n) is 5.73. The fraction of sp³-hybridized carbons (Fsp3) is 0.750. The Kier molecular flexibility index (Phi) is 3.53. The van der Waals surface area contributed by atoms with Gasteiger partial charge in [-0.25, -0.2) is 0 Å². The summed E-state index contributed by atoms with van der Waals surface area (Å²) >= 11 is 3.11. The molecule has 0 saturated heterocycles. The number of rotatable bonds is 0. The molecule has 0 aliphatic heterocycles. The van der Waals surface area contributed by atoms with Crippen molar-refractivity contribution in [2.45, 2.75) is 38.5 Å². The third-order valence-electron chi connectivity index (χ3n) is 1.75. The fourth-order valence-electron chi connectivity index (χ4n) is 1.16. The normalized spacial score (nSPS) is 22.9. The van der Waals surface area contributed by atoms with Gasteiger partial charge in [-0.3, -0.25) is 0 Å². The van der Waals surface area contributed by atoms with Crippen molar-refractivity contribution >= 4 is 20.0 Å². The van der Waals surface area contributed by atoms with Crippen molar-refractivity contribution in [2.75, 3.05) is 0 Å². The molecule has 0 N–H and O–H groups in total.